The highest BCUT2D eigenvalue weighted by Crippen LogP contribution is 2.13. The molecule has 0 unspecified atom stereocenters. The van der Waals surface area contributed by atoms with E-state index < -0.39 is 23.6 Å². The minimum absolute atomic E-state index is 0.121. The van der Waals surface area contributed by atoms with Crippen molar-refractivity contribution in [1.29, 1.82) is 0 Å². The number of nitrogens with one attached hydrogen (secondary N) is 2. The Bertz CT molecular complexity index is 659. The van der Waals surface area contributed by atoms with Crippen molar-refractivity contribution >= 4 is 28.8 Å². The fourth-order valence-electron chi connectivity index (χ4n) is 1.57. The van der Waals surface area contributed by atoms with Crippen molar-refractivity contribution in [1.82, 2.24) is 5.32 Å². The first-order valence-electron chi connectivity index (χ1n) is 6.07. The van der Waals surface area contributed by atoms with Crippen LogP contribution in [0.1, 0.15) is 16.6 Å². The van der Waals surface area contributed by atoms with Crippen LogP contribution in [-0.4, -0.2) is 17.9 Å². The van der Waals surface area contributed by atoms with E-state index in [9.17, 15) is 18.4 Å². The van der Waals surface area contributed by atoms with Gasteiger partial charge in [0.05, 0.1) is 4.88 Å². The van der Waals surface area contributed by atoms with Gasteiger partial charge in [-0.1, -0.05) is 6.07 Å². The Kier molecular flexibility index (Phi) is 4.64. The van der Waals surface area contributed by atoms with Gasteiger partial charge in [-0.15, -0.1) is 11.3 Å². The predicted octanol–water partition coefficient (Wildman–Crippen LogP) is 2.78. The second kappa shape index (κ2) is 6.45. The Morgan fingerprint density at radius 3 is 2.57 bits per heavy atom. The van der Waals surface area contributed by atoms with Crippen LogP contribution in [0.2, 0.25) is 0 Å². The molecule has 2 amide bonds. The molecule has 7 heteroatoms. The Morgan fingerprint density at radius 1 is 1.19 bits per heavy atom. The maximum absolute atomic E-state index is 13.0. The fraction of sp³-hybridized carbons (Fsp3) is 0.143. The van der Waals surface area contributed by atoms with Crippen molar-refractivity contribution in [2.24, 2.45) is 0 Å². The number of benzene rings is 1. The Hall–Kier alpha value is -2.28. The van der Waals surface area contributed by atoms with E-state index in [1.807, 2.05) is 0 Å². The van der Waals surface area contributed by atoms with Crippen LogP contribution in [0.4, 0.5) is 14.5 Å². The maximum Gasteiger partial charge on any atom is 0.261 e. The quantitative estimate of drug-likeness (QED) is 0.912. The van der Waals surface area contributed by atoms with Gasteiger partial charge in [-0.2, -0.15) is 0 Å². The van der Waals surface area contributed by atoms with Crippen LogP contribution in [0.3, 0.4) is 0 Å². The van der Waals surface area contributed by atoms with E-state index in [0.29, 0.717) is 4.88 Å². The molecule has 0 aliphatic rings. The van der Waals surface area contributed by atoms with Crippen LogP contribution in [0.25, 0.3) is 0 Å². The molecule has 0 aliphatic heterocycles. The molecule has 0 saturated heterocycles. The third-order valence-corrected chi connectivity index (χ3v) is 3.54. The van der Waals surface area contributed by atoms with Gasteiger partial charge in [-0.25, -0.2) is 8.78 Å². The van der Waals surface area contributed by atoms with E-state index >= 15 is 0 Å². The fourth-order valence-corrected chi connectivity index (χ4v) is 2.19. The Morgan fingerprint density at radius 2 is 1.95 bits per heavy atom. The van der Waals surface area contributed by atoms with Gasteiger partial charge in [0.25, 0.3) is 5.91 Å². The lowest BCUT2D eigenvalue weighted by atomic mass is 10.2. The molecule has 0 saturated carbocycles. The van der Waals surface area contributed by atoms with Gasteiger partial charge >= 0.3 is 0 Å². The number of amides is 2. The van der Waals surface area contributed by atoms with E-state index in [0.717, 1.165) is 12.1 Å². The van der Waals surface area contributed by atoms with Crippen LogP contribution in [-0.2, 0) is 4.79 Å². The number of rotatable bonds is 4. The second-order valence-corrected chi connectivity index (χ2v) is 5.24. The number of anilines is 1. The zero-order chi connectivity index (χ0) is 15.4. The Labute approximate surface area is 123 Å². The molecule has 0 aliphatic carbocycles. The normalized spacial score (nSPS) is 11.8. The zero-order valence-corrected chi connectivity index (χ0v) is 11.8. The summed E-state index contributed by atoms with van der Waals surface area (Å²) < 4.78 is 25.8. The molecule has 1 heterocycles. The van der Waals surface area contributed by atoms with Gasteiger partial charge in [0.2, 0.25) is 5.91 Å². The molecule has 0 radical (unpaired) electrons. The number of halogens is 2. The minimum Gasteiger partial charge on any atom is -0.340 e. The highest BCUT2D eigenvalue weighted by atomic mass is 32.1. The van der Waals surface area contributed by atoms with Crippen LogP contribution < -0.4 is 10.6 Å². The van der Waals surface area contributed by atoms with Crippen molar-refractivity contribution in [2.45, 2.75) is 13.0 Å². The molecule has 2 rings (SSSR count). The SMILES string of the molecule is C[C@H](NC(=O)c1cccs1)C(=O)Nc1ccc(F)c(F)c1. The number of thiophene rings is 1. The summed E-state index contributed by atoms with van der Waals surface area (Å²) in [5.74, 6) is -2.93. The highest BCUT2D eigenvalue weighted by Gasteiger charge is 2.17. The van der Waals surface area contributed by atoms with Gasteiger partial charge in [0.15, 0.2) is 11.6 Å². The molecular formula is C14H12F2N2O2S. The van der Waals surface area contributed by atoms with Crippen LogP contribution in [0.5, 0.6) is 0 Å². The molecule has 1 aromatic heterocycles. The first kappa shape index (κ1) is 15.1. The molecule has 2 N–H and O–H groups in total. The Balaban J connectivity index is 1.96. The van der Waals surface area contributed by atoms with E-state index in [1.54, 1.807) is 17.5 Å². The van der Waals surface area contributed by atoms with Gasteiger partial charge in [-0.3, -0.25) is 9.59 Å². The van der Waals surface area contributed by atoms with Crippen molar-refractivity contribution in [3.05, 3.63) is 52.2 Å². The lowest BCUT2D eigenvalue weighted by Crippen LogP contribution is -2.41. The molecule has 2 aromatic rings. The zero-order valence-electron chi connectivity index (χ0n) is 11.0. The molecule has 4 nitrogen and oxygen atoms in total. The molecule has 21 heavy (non-hydrogen) atoms. The molecule has 0 bridgehead atoms. The largest absolute Gasteiger partial charge is 0.340 e. The van der Waals surface area contributed by atoms with Crippen LogP contribution >= 0.6 is 11.3 Å². The lowest BCUT2D eigenvalue weighted by Gasteiger charge is -2.13. The van der Waals surface area contributed by atoms with E-state index in [-0.39, 0.29) is 11.6 Å². The minimum atomic E-state index is -1.05. The lowest BCUT2D eigenvalue weighted by molar-refractivity contribution is -0.117. The average Bonchev–Trinajstić information content (AvgIpc) is 2.97. The van der Waals surface area contributed by atoms with Crippen LogP contribution in [0, 0.1) is 11.6 Å². The first-order valence-corrected chi connectivity index (χ1v) is 6.95. The van der Waals surface area contributed by atoms with E-state index in [1.165, 1.54) is 24.3 Å². The van der Waals surface area contributed by atoms with E-state index in [2.05, 4.69) is 10.6 Å². The second-order valence-electron chi connectivity index (χ2n) is 4.29. The molecule has 1 aromatic carbocycles. The molecule has 0 spiro atoms. The average molecular weight is 310 g/mol. The summed E-state index contributed by atoms with van der Waals surface area (Å²) in [6, 6.07) is 5.59. The first-order chi connectivity index (χ1) is 9.97. The summed E-state index contributed by atoms with van der Waals surface area (Å²) >= 11 is 1.26. The molecule has 0 fully saturated rings. The highest BCUT2D eigenvalue weighted by molar-refractivity contribution is 7.12. The number of hydrogen-bond acceptors (Lipinski definition) is 3. The molecule has 1 atom stereocenters. The van der Waals surface area contributed by atoms with Crippen molar-refractivity contribution in [3.8, 4) is 0 Å². The third kappa shape index (κ3) is 3.85. The summed E-state index contributed by atoms with van der Waals surface area (Å²) in [6.07, 6.45) is 0. The van der Waals surface area contributed by atoms with Crippen molar-refractivity contribution < 1.29 is 18.4 Å². The van der Waals surface area contributed by atoms with Gasteiger partial charge in [0.1, 0.15) is 6.04 Å². The van der Waals surface area contributed by atoms with Gasteiger partial charge in [0, 0.05) is 11.8 Å². The predicted molar refractivity (Wildman–Crippen MR) is 76.2 cm³/mol. The van der Waals surface area contributed by atoms with Gasteiger partial charge < -0.3 is 10.6 Å². The molecule has 110 valence electrons. The van der Waals surface area contributed by atoms with Crippen LogP contribution in [0.15, 0.2) is 35.7 Å². The van der Waals surface area contributed by atoms with Gasteiger partial charge in [-0.05, 0) is 30.5 Å². The summed E-state index contributed by atoms with van der Waals surface area (Å²) in [4.78, 5) is 24.1. The summed E-state index contributed by atoms with van der Waals surface area (Å²) in [7, 11) is 0. The molecular weight excluding hydrogens is 298 g/mol. The standard InChI is InChI=1S/C14H12F2N2O2S/c1-8(17-14(20)12-3-2-6-21-12)13(19)18-9-4-5-10(15)11(16)7-9/h2-8H,1H3,(H,17,20)(H,18,19)/t8-/m0/s1. The monoisotopic (exact) mass is 310 g/mol. The summed E-state index contributed by atoms with van der Waals surface area (Å²) in [5.41, 5.74) is 0.121. The smallest absolute Gasteiger partial charge is 0.261 e. The summed E-state index contributed by atoms with van der Waals surface area (Å²) in [6.45, 7) is 1.50. The number of carbonyl (C=O) groups is 2. The number of hydrogen-bond donors (Lipinski definition) is 2. The third-order valence-electron chi connectivity index (χ3n) is 2.67. The van der Waals surface area contributed by atoms with E-state index in [4.69, 9.17) is 0 Å². The topological polar surface area (TPSA) is 58.2 Å². The van der Waals surface area contributed by atoms with Crippen molar-refractivity contribution in [3.63, 3.8) is 0 Å². The summed E-state index contributed by atoms with van der Waals surface area (Å²) in [5, 5.41) is 6.67. The van der Waals surface area contributed by atoms with Crippen molar-refractivity contribution in [2.75, 3.05) is 5.32 Å². The maximum atomic E-state index is 13.0. The number of carbonyl (C=O) groups excluding carboxylic acids is 2.